The third-order valence-corrected chi connectivity index (χ3v) is 6.87. The van der Waals surface area contributed by atoms with Crippen molar-refractivity contribution in [1.29, 1.82) is 0 Å². The zero-order valence-electron chi connectivity index (χ0n) is 20.3. The summed E-state index contributed by atoms with van der Waals surface area (Å²) in [5.74, 6) is -0.943. The summed E-state index contributed by atoms with van der Waals surface area (Å²) in [6.45, 7) is 1.52. The number of aliphatic carboxylic acids is 1. The Morgan fingerprint density at radius 3 is 2.14 bits per heavy atom. The zero-order valence-corrected chi connectivity index (χ0v) is 20.3. The molecule has 0 saturated carbocycles. The Morgan fingerprint density at radius 1 is 1.03 bits per heavy atom. The van der Waals surface area contributed by atoms with E-state index in [0.717, 1.165) is 22.3 Å². The lowest BCUT2D eigenvalue weighted by molar-refractivity contribution is -0.139. The highest BCUT2D eigenvalue weighted by Gasteiger charge is 2.32. The molecule has 0 radical (unpaired) electrons. The van der Waals surface area contributed by atoms with Crippen LogP contribution in [0.1, 0.15) is 36.3 Å². The number of nitrogens with zero attached hydrogens (tertiary/aromatic N) is 2. The number of piperidine rings is 1. The van der Waals surface area contributed by atoms with Gasteiger partial charge in [0.1, 0.15) is 12.6 Å². The standard InChI is InChI=1S/C27H33N3O5/c1-29(2)16-24(26(33)30-13-11-18(12-14-30)15-25(31)32)28-27(34)35-17-23-21-9-5-3-7-19(21)20-8-4-6-10-22(20)23/h3-10,18,23-24H,11-17H2,1-2H3,(H,28,34)(H,31,32). The number of rotatable bonds is 8. The first-order valence-electron chi connectivity index (χ1n) is 12.1. The van der Waals surface area contributed by atoms with Crippen molar-refractivity contribution in [3.05, 3.63) is 59.7 Å². The van der Waals surface area contributed by atoms with Gasteiger partial charge in [0.05, 0.1) is 0 Å². The molecule has 1 saturated heterocycles. The second kappa shape index (κ2) is 10.9. The summed E-state index contributed by atoms with van der Waals surface area (Å²) in [6.07, 6.45) is 0.809. The average molecular weight is 480 g/mol. The Hall–Kier alpha value is -3.39. The van der Waals surface area contributed by atoms with E-state index in [9.17, 15) is 14.4 Å². The first-order chi connectivity index (χ1) is 16.8. The average Bonchev–Trinajstić information content (AvgIpc) is 3.15. The summed E-state index contributed by atoms with van der Waals surface area (Å²) in [5, 5.41) is 11.8. The third kappa shape index (κ3) is 5.82. The van der Waals surface area contributed by atoms with E-state index < -0.39 is 18.1 Å². The van der Waals surface area contributed by atoms with Crippen LogP contribution >= 0.6 is 0 Å². The summed E-state index contributed by atoms with van der Waals surface area (Å²) < 4.78 is 5.65. The molecule has 8 nitrogen and oxygen atoms in total. The Labute approximate surface area is 205 Å². The van der Waals surface area contributed by atoms with Crippen molar-refractivity contribution in [3.63, 3.8) is 0 Å². The fourth-order valence-corrected chi connectivity index (χ4v) is 5.16. The quantitative estimate of drug-likeness (QED) is 0.604. The minimum absolute atomic E-state index is 0.0515. The first kappa shape index (κ1) is 24.7. The van der Waals surface area contributed by atoms with Crippen molar-refractivity contribution in [2.75, 3.05) is 40.3 Å². The highest BCUT2D eigenvalue weighted by Crippen LogP contribution is 2.44. The minimum atomic E-state index is -0.808. The van der Waals surface area contributed by atoms with Crippen LogP contribution in [0.3, 0.4) is 0 Å². The molecular formula is C27H33N3O5. The predicted octanol–water partition coefficient (Wildman–Crippen LogP) is 3.17. The monoisotopic (exact) mass is 479 g/mol. The van der Waals surface area contributed by atoms with Crippen LogP contribution in [0, 0.1) is 5.92 Å². The summed E-state index contributed by atoms with van der Waals surface area (Å²) in [7, 11) is 3.69. The molecule has 0 bridgehead atoms. The smallest absolute Gasteiger partial charge is 0.407 e. The van der Waals surface area contributed by atoms with E-state index in [0.29, 0.717) is 32.5 Å². The molecule has 35 heavy (non-hydrogen) atoms. The predicted molar refractivity (Wildman–Crippen MR) is 132 cm³/mol. The molecule has 1 fully saturated rings. The molecule has 0 aromatic heterocycles. The molecule has 186 valence electrons. The van der Waals surface area contributed by atoms with Crippen LogP contribution in [0.5, 0.6) is 0 Å². The number of benzene rings is 2. The number of carboxylic acid groups (broad SMARTS) is 1. The number of alkyl carbamates (subject to hydrolysis) is 1. The van der Waals surface area contributed by atoms with Crippen LogP contribution in [0.25, 0.3) is 11.1 Å². The van der Waals surface area contributed by atoms with Crippen molar-refractivity contribution in [2.24, 2.45) is 5.92 Å². The normalized spacial score (nSPS) is 16.5. The molecule has 2 aliphatic rings. The van der Waals surface area contributed by atoms with Crippen molar-refractivity contribution in [2.45, 2.75) is 31.2 Å². The summed E-state index contributed by atoms with van der Waals surface area (Å²) in [5.41, 5.74) is 4.58. The first-order valence-corrected chi connectivity index (χ1v) is 12.1. The van der Waals surface area contributed by atoms with Gasteiger partial charge in [-0.25, -0.2) is 4.79 Å². The Morgan fingerprint density at radius 2 is 1.60 bits per heavy atom. The molecule has 1 aliphatic heterocycles. The van der Waals surface area contributed by atoms with E-state index in [1.807, 2.05) is 43.3 Å². The van der Waals surface area contributed by atoms with E-state index >= 15 is 0 Å². The van der Waals surface area contributed by atoms with Gasteiger partial charge in [-0.2, -0.15) is 0 Å². The van der Waals surface area contributed by atoms with E-state index in [1.54, 1.807) is 4.90 Å². The molecule has 0 spiro atoms. The molecule has 2 N–H and O–H groups in total. The molecule has 1 heterocycles. The number of carbonyl (C=O) groups excluding carboxylic acids is 2. The fraction of sp³-hybridized carbons (Fsp3) is 0.444. The van der Waals surface area contributed by atoms with Crippen LogP contribution in [-0.2, 0) is 14.3 Å². The minimum Gasteiger partial charge on any atom is -0.481 e. The maximum absolute atomic E-state index is 13.2. The van der Waals surface area contributed by atoms with Gasteiger partial charge < -0.3 is 25.0 Å². The van der Waals surface area contributed by atoms with Crippen LogP contribution in [-0.4, -0.2) is 79.3 Å². The number of likely N-dealkylation sites (tertiary alicyclic amines) is 1. The van der Waals surface area contributed by atoms with Gasteiger partial charge >= 0.3 is 12.1 Å². The number of amides is 2. The van der Waals surface area contributed by atoms with Crippen molar-refractivity contribution >= 4 is 18.0 Å². The molecule has 1 aliphatic carbocycles. The number of hydrogen-bond donors (Lipinski definition) is 2. The van der Waals surface area contributed by atoms with Crippen LogP contribution in [0.2, 0.25) is 0 Å². The summed E-state index contributed by atoms with van der Waals surface area (Å²) in [4.78, 5) is 40.5. The number of hydrogen-bond acceptors (Lipinski definition) is 5. The maximum Gasteiger partial charge on any atom is 0.407 e. The summed E-state index contributed by atoms with van der Waals surface area (Å²) in [6, 6.07) is 15.5. The van der Waals surface area contributed by atoms with Crippen molar-refractivity contribution in [1.82, 2.24) is 15.1 Å². The number of ether oxygens (including phenoxy) is 1. The molecule has 1 atom stereocenters. The lowest BCUT2D eigenvalue weighted by atomic mass is 9.93. The Kier molecular flexibility index (Phi) is 7.70. The van der Waals surface area contributed by atoms with E-state index in [1.165, 1.54) is 0 Å². The number of nitrogens with one attached hydrogen (secondary N) is 1. The van der Waals surface area contributed by atoms with Gasteiger partial charge in [0.2, 0.25) is 5.91 Å². The van der Waals surface area contributed by atoms with Gasteiger partial charge in [-0.1, -0.05) is 48.5 Å². The van der Waals surface area contributed by atoms with Crippen LogP contribution in [0.4, 0.5) is 4.79 Å². The second-order valence-corrected chi connectivity index (χ2v) is 9.65. The van der Waals surface area contributed by atoms with Gasteiger partial charge in [0, 0.05) is 32.0 Å². The van der Waals surface area contributed by atoms with Crippen molar-refractivity contribution in [3.8, 4) is 11.1 Å². The highest BCUT2D eigenvalue weighted by atomic mass is 16.5. The topological polar surface area (TPSA) is 99.2 Å². The van der Waals surface area contributed by atoms with Gasteiger partial charge in [0.15, 0.2) is 0 Å². The highest BCUT2D eigenvalue weighted by molar-refractivity contribution is 5.86. The number of fused-ring (bicyclic) bond motifs is 3. The number of carboxylic acids is 1. The van der Waals surface area contributed by atoms with Gasteiger partial charge in [-0.3, -0.25) is 9.59 Å². The lowest BCUT2D eigenvalue weighted by Gasteiger charge is -2.34. The van der Waals surface area contributed by atoms with E-state index in [4.69, 9.17) is 9.84 Å². The molecule has 2 aromatic carbocycles. The van der Waals surface area contributed by atoms with E-state index in [-0.39, 0.29) is 30.8 Å². The second-order valence-electron chi connectivity index (χ2n) is 9.65. The number of carbonyl (C=O) groups is 3. The fourth-order valence-electron chi connectivity index (χ4n) is 5.16. The third-order valence-electron chi connectivity index (χ3n) is 6.87. The largest absolute Gasteiger partial charge is 0.481 e. The molecule has 2 aromatic rings. The molecule has 1 unspecified atom stereocenters. The lowest BCUT2D eigenvalue weighted by Crippen LogP contribution is -2.54. The molecule has 8 heteroatoms. The van der Waals surface area contributed by atoms with Gasteiger partial charge in [-0.05, 0) is 55.1 Å². The summed E-state index contributed by atoms with van der Waals surface area (Å²) >= 11 is 0. The van der Waals surface area contributed by atoms with Crippen LogP contribution in [0.15, 0.2) is 48.5 Å². The van der Waals surface area contributed by atoms with Gasteiger partial charge in [0.25, 0.3) is 0 Å². The molecule has 2 amide bonds. The Balaban J connectivity index is 1.37. The zero-order chi connectivity index (χ0) is 24.9. The van der Waals surface area contributed by atoms with Crippen LogP contribution < -0.4 is 5.32 Å². The maximum atomic E-state index is 13.2. The van der Waals surface area contributed by atoms with Crippen molar-refractivity contribution < 1.29 is 24.2 Å². The van der Waals surface area contributed by atoms with Gasteiger partial charge in [-0.15, -0.1) is 0 Å². The van der Waals surface area contributed by atoms with E-state index in [2.05, 4.69) is 29.6 Å². The SMILES string of the molecule is CN(C)CC(NC(=O)OCC1c2ccccc2-c2ccccc21)C(=O)N1CCC(CC(=O)O)CC1. The molecular weight excluding hydrogens is 446 g/mol. The molecule has 4 rings (SSSR count). The Bertz CT molecular complexity index is 1030. The number of likely N-dealkylation sites (N-methyl/N-ethyl adjacent to an activating group) is 1.